The quantitative estimate of drug-likeness (QED) is 0.442. The molecule has 4 nitrogen and oxygen atoms in total. The van der Waals surface area contributed by atoms with E-state index < -0.39 is 0 Å². The third-order valence-electron chi connectivity index (χ3n) is 4.41. The van der Waals surface area contributed by atoms with Gasteiger partial charge in [-0.25, -0.2) is 4.99 Å². The summed E-state index contributed by atoms with van der Waals surface area (Å²) in [5.74, 6) is 0.645. The van der Waals surface area contributed by atoms with Gasteiger partial charge in [0, 0.05) is 4.47 Å². The highest BCUT2D eigenvalue weighted by atomic mass is 79.9. The summed E-state index contributed by atoms with van der Waals surface area (Å²) in [6.45, 7) is 2.53. The Labute approximate surface area is 188 Å². The number of ether oxygens (including phenoxy) is 1. The van der Waals surface area contributed by atoms with Gasteiger partial charge in [-0.15, -0.1) is 0 Å². The van der Waals surface area contributed by atoms with E-state index in [9.17, 15) is 4.79 Å². The number of nitrogens with one attached hydrogen (secondary N) is 1. The number of aliphatic imine (C=N–C) groups is 1. The van der Waals surface area contributed by atoms with Gasteiger partial charge in [-0.3, -0.25) is 4.79 Å². The van der Waals surface area contributed by atoms with Gasteiger partial charge in [0.1, 0.15) is 12.4 Å². The van der Waals surface area contributed by atoms with E-state index in [2.05, 4.69) is 26.2 Å². The normalized spacial score (nSPS) is 16.1. The number of amides is 1. The van der Waals surface area contributed by atoms with Gasteiger partial charge >= 0.3 is 0 Å². The molecule has 1 N–H and O–H groups in total. The third kappa shape index (κ3) is 5.40. The van der Waals surface area contributed by atoms with Crippen molar-refractivity contribution in [3.05, 3.63) is 98.9 Å². The Balaban J connectivity index is 1.39. The van der Waals surface area contributed by atoms with Gasteiger partial charge in [0.15, 0.2) is 5.17 Å². The molecule has 3 aromatic carbocycles. The van der Waals surface area contributed by atoms with Gasteiger partial charge in [-0.1, -0.05) is 57.9 Å². The first kappa shape index (κ1) is 20.4. The second kappa shape index (κ2) is 9.32. The van der Waals surface area contributed by atoms with Crippen LogP contribution in [0.3, 0.4) is 0 Å². The molecule has 0 unspecified atom stereocenters. The summed E-state index contributed by atoms with van der Waals surface area (Å²) in [7, 11) is 0. The Morgan fingerprint density at radius 2 is 1.70 bits per heavy atom. The fourth-order valence-corrected chi connectivity index (χ4v) is 3.88. The lowest BCUT2D eigenvalue weighted by atomic mass is 10.2. The minimum Gasteiger partial charge on any atom is -0.489 e. The van der Waals surface area contributed by atoms with Gasteiger partial charge in [0.2, 0.25) is 0 Å². The highest BCUT2D eigenvalue weighted by Crippen LogP contribution is 2.28. The Morgan fingerprint density at radius 3 is 2.40 bits per heavy atom. The number of hydrogen-bond acceptors (Lipinski definition) is 4. The molecule has 0 radical (unpaired) electrons. The largest absolute Gasteiger partial charge is 0.489 e. The van der Waals surface area contributed by atoms with Crippen molar-refractivity contribution in [2.75, 3.05) is 0 Å². The number of carbonyl (C=O) groups is 1. The molecule has 0 bridgehead atoms. The van der Waals surface area contributed by atoms with Crippen LogP contribution in [0.1, 0.15) is 16.7 Å². The van der Waals surface area contributed by atoms with Crippen LogP contribution < -0.4 is 10.1 Å². The first-order valence-electron chi connectivity index (χ1n) is 9.39. The van der Waals surface area contributed by atoms with Crippen molar-refractivity contribution < 1.29 is 9.53 Å². The van der Waals surface area contributed by atoms with Crippen LogP contribution in [-0.4, -0.2) is 11.1 Å². The molecule has 30 heavy (non-hydrogen) atoms. The molecule has 150 valence electrons. The lowest BCUT2D eigenvalue weighted by Crippen LogP contribution is -2.19. The summed E-state index contributed by atoms with van der Waals surface area (Å²) in [6, 6.07) is 23.6. The second-order valence-corrected chi connectivity index (χ2v) is 8.75. The van der Waals surface area contributed by atoms with Crippen LogP contribution in [-0.2, 0) is 11.4 Å². The predicted octanol–water partition coefficient (Wildman–Crippen LogP) is 6.23. The van der Waals surface area contributed by atoms with Crippen molar-refractivity contribution >= 4 is 50.5 Å². The number of nitrogens with zero attached hydrogens (tertiary/aromatic N) is 1. The SMILES string of the molecule is Cc1ccc(N=C2NC(=O)/C(=C/c3ccc(OCc4ccc(Br)cc4)cc3)S2)cc1. The van der Waals surface area contributed by atoms with E-state index in [0.29, 0.717) is 16.7 Å². The summed E-state index contributed by atoms with van der Waals surface area (Å²) in [4.78, 5) is 17.4. The maximum Gasteiger partial charge on any atom is 0.264 e. The number of amidine groups is 1. The fourth-order valence-electron chi connectivity index (χ4n) is 2.78. The molecule has 1 fully saturated rings. The Kier molecular flexibility index (Phi) is 6.35. The molecule has 1 amide bonds. The van der Waals surface area contributed by atoms with E-state index in [0.717, 1.165) is 27.0 Å². The number of halogens is 1. The molecule has 3 aromatic rings. The highest BCUT2D eigenvalue weighted by Gasteiger charge is 2.23. The van der Waals surface area contributed by atoms with E-state index in [4.69, 9.17) is 4.74 Å². The van der Waals surface area contributed by atoms with Crippen molar-refractivity contribution in [1.29, 1.82) is 0 Å². The zero-order valence-corrected chi connectivity index (χ0v) is 18.7. The minimum atomic E-state index is -0.138. The maximum absolute atomic E-state index is 12.3. The molecular formula is C24H19BrN2O2S. The average Bonchev–Trinajstić information content (AvgIpc) is 3.09. The molecule has 1 aliphatic heterocycles. The van der Waals surface area contributed by atoms with Crippen molar-refractivity contribution in [1.82, 2.24) is 5.32 Å². The fraction of sp³-hybridized carbons (Fsp3) is 0.0833. The number of aryl methyl sites for hydroxylation is 1. The topological polar surface area (TPSA) is 50.7 Å². The summed E-state index contributed by atoms with van der Waals surface area (Å²) in [5, 5.41) is 3.41. The van der Waals surface area contributed by atoms with Crippen LogP contribution in [0.15, 0.2) is 87.2 Å². The standard InChI is InChI=1S/C24H19BrN2O2S/c1-16-2-10-20(11-3-16)26-24-27-23(28)22(30-24)14-17-6-12-21(13-7-17)29-15-18-4-8-19(25)9-5-18/h2-14H,15H2,1H3,(H,26,27,28)/b22-14-. The summed E-state index contributed by atoms with van der Waals surface area (Å²) in [6.07, 6.45) is 1.86. The van der Waals surface area contributed by atoms with Crippen molar-refractivity contribution in [3.63, 3.8) is 0 Å². The maximum atomic E-state index is 12.3. The van der Waals surface area contributed by atoms with Crippen LogP contribution >= 0.6 is 27.7 Å². The minimum absolute atomic E-state index is 0.138. The zero-order valence-electron chi connectivity index (χ0n) is 16.3. The average molecular weight is 479 g/mol. The molecule has 6 heteroatoms. The molecule has 0 saturated carbocycles. The number of benzene rings is 3. The number of hydrogen-bond donors (Lipinski definition) is 1. The summed E-state index contributed by atoms with van der Waals surface area (Å²) < 4.78 is 6.88. The monoisotopic (exact) mass is 478 g/mol. The molecule has 1 heterocycles. The first-order valence-corrected chi connectivity index (χ1v) is 11.0. The number of thioether (sulfide) groups is 1. The molecule has 0 aromatic heterocycles. The van der Waals surface area contributed by atoms with Crippen LogP contribution in [0, 0.1) is 6.92 Å². The number of rotatable bonds is 5. The van der Waals surface area contributed by atoms with E-state index in [-0.39, 0.29) is 5.91 Å². The van der Waals surface area contributed by atoms with Gasteiger partial charge in [-0.05, 0) is 72.3 Å². The van der Waals surface area contributed by atoms with Crippen LogP contribution in [0.4, 0.5) is 5.69 Å². The molecule has 4 rings (SSSR count). The summed E-state index contributed by atoms with van der Waals surface area (Å²) in [5.41, 5.74) is 4.02. The molecule has 1 aliphatic rings. The number of carbonyl (C=O) groups excluding carboxylic acids is 1. The first-order chi connectivity index (χ1) is 14.5. The molecule has 0 atom stereocenters. The van der Waals surface area contributed by atoms with Crippen LogP contribution in [0.5, 0.6) is 5.75 Å². The lowest BCUT2D eigenvalue weighted by Gasteiger charge is -2.07. The van der Waals surface area contributed by atoms with Gasteiger partial charge in [0.25, 0.3) is 5.91 Å². The second-order valence-electron chi connectivity index (χ2n) is 6.80. The van der Waals surface area contributed by atoms with E-state index in [1.165, 1.54) is 17.3 Å². The summed E-state index contributed by atoms with van der Waals surface area (Å²) >= 11 is 4.77. The molecule has 1 saturated heterocycles. The van der Waals surface area contributed by atoms with E-state index in [1.54, 1.807) is 0 Å². The third-order valence-corrected chi connectivity index (χ3v) is 5.85. The Morgan fingerprint density at radius 1 is 1.00 bits per heavy atom. The molecule has 0 aliphatic carbocycles. The Bertz CT molecular complexity index is 1110. The van der Waals surface area contributed by atoms with Gasteiger partial charge in [0.05, 0.1) is 10.6 Å². The van der Waals surface area contributed by atoms with Gasteiger partial charge < -0.3 is 10.1 Å². The zero-order chi connectivity index (χ0) is 20.9. The van der Waals surface area contributed by atoms with Crippen molar-refractivity contribution in [2.45, 2.75) is 13.5 Å². The van der Waals surface area contributed by atoms with Crippen LogP contribution in [0.25, 0.3) is 6.08 Å². The van der Waals surface area contributed by atoms with E-state index in [1.807, 2.05) is 85.8 Å². The van der Waals surface area contributed by atoms with Gasteiger partial charge in [-0.2, -0.15) is 0 Å². The van der Waals surface area contributed by atoms with Crippen molar-refractivity contribution in [2.24, 2.45) is 4.99 Å². The lowest BCUT2D eigenvalue weighted by molar-refractivity contribution is -0.115. The van der Waals surface area contributed by atoms with E-state index >= 15 is 0 Å². The predicted molar refractivity (Wildman–Crippen MR) is 127 cm³/mol. The highest BCUT2D eigenvalue weighted by molar-refractivity contribution is 9.10. The molecule has 0 spiro atoms. The Hall–Kier alpha value is -2.83. The van der Waals surface area contributed by atoms with Crippen LogP contribution in [0.2, 0.25) is 0 Å². The smallest absolute Gasteiger partial charge is 0.264 e. The molecular weight excluding hydrogens is 460 g/mol. The van der Waals surface area contributed by atoms with Crippen molar-refractivity contribution in [3.8, 4) is 5.75 Å².